The van der Waals surface area contributed by atoms with Crippen LogP contribution in [0.1, 0.15) is 10.8 Å². The first-order valence-corrected chi connectivity index (χ1v) is 7.53. The number of anilines is 1. The molecule has 0 saturated carbocycles. The topological polar surface area (TPSA) is 107 Å². The molecule has 25 heavy (non-hydrogen) atoms. The van der Waals surface area contributed by atoms with E-state index in [0.717, 1.165) is 10.9 Å². The van der Waals surface area contributed by atoms with E-state index in [-0.39, 0.29) is 29.3 Å². The fraction of sp³-hybridized carbons (Fsp3) is 0.154. The fourth-order valence-electron chi connectivity index (χ4n) is 1.94. The molecule has 0 aliphatic heterocycles. The predicted octanol–water partition coefficient (Wildman–Crippen LogP) is 3.73. The van der Waals surface area contributed by atoms with Crippen LogP contribution in [0.3, 0.4) is 0 Å². The van der Waals surface area contributed by atoms with Gasteiger partial charge in [0.15, 0.2) is 0 Å². The lowest BCUT2D eigenvalue weighted by Crippen LogP contribution is -2.05. The highest BCUT2D eigenvalue weighted by atomic mass is 32.1. The summed E-state index contributed by atoms with van der Waals surface area (Å²) in [6.45, 7) is 0.273. The molecule has 130 valence electrons. The van der Waals surface area contributed by atoms with E-state index < -0.39 is 17.0 Å². The molecule has 12 heteroatoms. The Bertz CT molecular complexity index is 895. The number of thiazole rings is 1. The van der Waals surface area contributed by atoms with E-state index in [1.807, 2.05) is 0 Å². The van der Waals surface area contributed by atoms with E-state index in [1.165, 1.54) is 23.5 Å². The number of alkyl halides is 3. The number of nitro benzene ring substituents is 1. The minimum absolute atomic E-state index is 0.120. The van der Waals surface area contributed by atoms with Crippen molar-refractivity contribution in [1.82, 2.24) is 15.1 Å². The summed E-state index contributed by atoms with van der Waals surface area (Å²) in [6, 6.07) is 3.71. The highest BCUT2D eigenvalue weighted by Crippen LogP contribution is 2.32. The normalized spacial score (nSPS) is 11.5. The molecule has 0 radical (unpaired) electrons. The first-order chi connectivity index (χ1) is 11.8. The molecule has 0 aliphatic rings. The summed E-state index contributed by atoms with van der Waals surface area (Å²) in [5, 5.41) is 17.3. The average Bonchev–Trinajstić information content (AvgIpc) is 3.23. The van der Waals surface area contributed by atoms with Crippen LogP contribution in [0.2, 0.25) is 0 Å². The van der Waals surface area contributed by atoms with E-state index >= 15 is 0 Å². The zero-order valence-electron chi connectivity index (χ0n) is 12.1. The van der Waals surface area contributed by atoms with Gasteiger partial charge in [-0.2, -0.15) is 18.2 Å². The molecule has 0 aliphatic carbocycles. The zero-order chi connectivity index (χ0) is 18.0. The number of nitrogens with one attached hydrogen (secondary N) is 1. The predicted molar refractivity (Wildman–Crippen MR) is 80.8 cm³/mol. The number of benzene rings is 1. The third-order valence-corrected chi connectivity index (χ3v) is 3.84. The van der Waals surface area contributed by atoms with Gasteiger partial charge in [-0.15, -0.1) is 11.3 Å². The summed E-state index contributed by atoms with van der Waals surface area (Å²) >= 11 is 1.35. The van der Waals surface area contributed by atoms with Crippen LogP contribution < -0.4 is 5.32 Å². The second-order valence-corrected chi connectivity index (χ2v) is 5.70. The first kappa shape index (κ1) is 16.8. The minimum atomic E-state index is -4.76. The third kappa shape index (κ3) is 3.74. The largest absolute Gasteiger partial charge is 0.471 e. The van der Waals surface area contributed by atoms with Gasteiger partial charge in [0.05, 0.1) is 17.0 Å². The van der Waals surface area contributed by atoms with Crippen molar-refractivity contribution in [3.05, 3.63) is 50.8 Å². The molecule has 3 rings (SSSR count). The van der Waals surface area contributed by atoms with Gasteiger partial charge in [-0.25, -0.2) is 0 Å². The molecule has 0 atom stereocenters. The summed E-state index contributed by atoms with van der Waals surface area (Å²) in [4.78, 5) is 18.5. The van der Waals surface area contributed by atoms with Crippen LogP contribution >= 0.6 is 11.3 Å². The molecule has 1 aromatic carbocycles. The van der Waals surface area contributed by atoms with Gasteiger partial charge in [-0.1, -0.05) is 5.16 Å². The van der Waals surface area contributed by atoms with Gasteiger partial charge in [0.2, 0.25) is 5.82 Å². The summed E-state index contributed by atoms with van der Waals surface area (Å²) in [6.07, 6.45) is -3.17. The van der Waals surface area contributed by atoms with Gasteiger partial charge in [0, 0.05) is 22.7 Å². The van der Waals surface area contributed by atoms with Gasteiger partial charge in [0.25, 0.3) is 5.69 Å². The Kier molecular flexibility index (Phi) is 4.35. The maximum Gasteiger partial charge on any atom is 0.471 e. The Labute approximate surface area is 141 Å². The zero-order valence-corrected chi connectivity index (χ0v) is 13.0. The smallest absolute Gasteiger partial charge is 0.375 e. The lowest BCUT2D eigenvalue weighted by atomic mass is 10.1. The highest BCUT2D eigenvalue weighted by molar-refractivity contribution is 7.09. The summed E-state index contributed by atoms with van der Waals surface area (Å²) in [5.74, 6) is -1.80. The van der Waals surface area contributed by atoms with E-state index in [0.29, 0.717) is 0 Å². The van der Waals surface area contributed by atoms with Crippen molar-refractivity contribution in [3.63, 3.8) is 0 Å². The number of halogens is 3. The van der Waals surface area contributed by atoms with E-state index in [4.69, 9.17) is 0 Å². The lowest BCUT2D eigenvalue weighted by Gasteiger charge is -2.07. The van der Waals surface area contributed by atoms with E-state index in [9.17, 15) is 23.3 Å². The van der Waals surface area contributed by atoms with Crippen LogP contribution in [0, 0.1) is 10.1 Å². The molecule has 0 amide bonds. The Morgan fingerprint density at radius 2 is 2.16 bits per heavy atom. The monoisotopic (exact) mass is 371 g/mol. The Balaban J connectivity index is 1.91. The quantitative estimate of drug-likeness (QED) is 0.538. The summed E-state index contributed by atoms with van der Waals surface area (Å²) in [7, 11) is 0. The second-order valence-electron chi connectivity index (χ2n) is 4.73. The Hall–Kier alpha value is -3.02. The molecule has 0 fully saturated rings. The minimum Gasteiger partial charge on any atom is -0.375 e. The van der Waals surface area contributed by atoms with E-state index in [1.54, 1.807) is 11.7 Å². The van der Waals surface area contributed by atoms with Crippen LogP contribution in [-0.2, 0) is 12.7 Å². The standard InChI is InChI=1S/C13H8F3N5O3S/c14-13(15,16)12-19-11(20-24-12)7-1-2-10(21(22)23)9(3-7)18-5-8-4-17-6-25-8/h1-4,6,18H,5H2. The second kappa shape index (κ2) is 6.47. The first-order valence-electron chi connectivity index (χ1n) is 6.65. The molecule has 8 nitrogen and oxygen atoms in total. The third-order valence-electron chi connectivity index (χ3n) is 3.06. The van der Waals surface area contributed by atoms with Crippen molar-refractivity contribution in [2.24, 2.45) is 0 Å². The van der Waals surface area contributed by atoms with Gasteiger partial charge in [0.1, 0.15) is 5.69 Å². The maximum atomic E-state index is 12.5. The van der Waals surface area contributed by atoms with Gasteiger partial charge in [-0.3, -0.25) is 15.1 Å². The van der Waals surface area contributed by atoms with Crippen LogP contribution in [0.4, 0.5) is 24.5 Å². The van der Waals surface area contributed by atoms with Crippen LogP contribution in [0.5, 0.6) is 0 Å². The van der Waals surface area contributed by atoms with Crippen molar-refractivity contribution in [3.8, 4) is 11.4 Å². The fourth-order valence-corrected chi connectivity index (χ4v) is 2.48. The number of hydrogen-bond acceptors (Lipinski definition) is 8. The number of nitro groups is 1. The molecule has 0 saturated heterocycles. The van der Waals surface area contributed by atoms with Gasteiger partial charge in [-0.05, 0) is 12.1 Å². The SMILES string of the molecule is O=[N+]([O-])c1ccc(-c2noc(C(F)(F)F)n2)cc1NCc1cncs1. The Morgan fingerprint density at radius 3 is 2.76 bits per heavy atom. The van der Waals surface area contributed by atoms with E-state index in [2.05, 4.69) is 25.0 Å². The molecule has 2 heterocycles. The molecule has 0 bridgehead atoms. The molecule has 3 aromatic rings. The average molecular weight is 371 g/mol. The number of aromatic nitrogens is 3. The summed E-state index contributed by atoms with van der Waals surface area (Å²) in [5.41, 5.74) is 1.65. The van der Waals surface area contributed by atoms with Gasteiger partial charge >= 0.3 is 12.1 Å². The van der Waals surface area contributed by atoms with Crippen molar-refractivity contribution >= 4 is 22.7 Å². The molecule has 2 aromatic heterocycles. The molecule has 0 spiro atoms. The van der Waals surface area contributed by atoms with Crippen molar-refractivity contribution < 1.29 is 22.6 Å². The lowest BCUT2D eigenvalue weighted by molar-refractivity contribution is -0.384. The molecule has 1 N–H and O–H groups in total. The molecular weight excluding hydrogens is 363 g/mol. The van der Waals surface area contributed by atoms with Crippen molar-refractivity contribution in [2.45, 2.75) is 12.7 Å². The highest BCUT2D eigenvalue weighted by Gasteiger charge is 2.38. The van der Waals surface area contributed by atoms with Crippen LogP contribution in [0.25, 0.3) is 11.4 Å². The van der Waals surface area contributed by atoms with Gasteiger partial charge < -0.3 is 9.84 Å². The molecular formula is C13H8F3N5O3S. The maximum absolute atomic E-state index is 12.5. The van der Waals surface area contributed by atoms with Crippen LogP contribution in [-0.4, -0.2) is 20.0 Å². The van der Waals surface area contributed by atoms with Crippen molar-refractivity contribution in [2.75, 3.05) is 5.32 Å². The number of rotatable bonds is 5. The molecule has 0 unspecified atom stereocenters. The van der Waals surface area contributed by atoms with Crippen molar-refractivity contribution in [1.29, 1.82) is 0 Å². The Morgan fingerprint density at radius 1 is 1.36 bits per heavy atom. The van der Waals surface area contributed by atoms with Crippen LogP contribution in [0.15, 0.2) is 34.4 Å². The number of hydrogen-bond donors (Lipinski definition) is 1. The number of nitrogens with zero attached hydrogens (tertiary/aromatic N) is 4. The summed E-state index contributed by atoms with van der Waals surface area (Å²) < 4.78 is 41.8.